The van der Waals surface area contributed by atoms with Crippen molar-refractivity contribution in [3.63, 3.8) is 0 Å². The molecule has 1 aromatic carbocycles. The number of benzene rings is 1. The van der Waals surface area contributed by atoms with Crippen molar-refractivity contribution in [2.75, 3.05) is 19.6 Å². The first-order valence-corrected chi connectivity index (χ1v) is 8.20. The Morgan fingerprint density at radius 3 is 2.71 bits per heavy atom. The van der Waals surface area contributed by atoms with Gasteiger partial charge in [0.15, 0.2) is 0 Å². The maximum absolute atomic E-state index is 12.7. The van der Waals surface area contributed by atoms with Crippen LogP contribution in [-0.2, 0) is 12.8 Å². The number of carbonyl (C=O) groups excluding carboxylic acids is 1. The highest BCUT2D eigenvalue weighted by Crippen LogP contribution is 2.29. The number of hydrogen-bond acceptors (Lipinski definition) is 3. The zero-order valence-corrected chi connectivity index (χ0v) is 15.6. The second-order valence-corrected chi connectivity index (χ2v) is 5.79. The highest BCUT2D eigenvalue weighted by molar-refractivity contribution is 6.07. The second kappa shape index (κ2) is 9.82. The van der Waals surface area contributed by atoms with Gasteiger partial charge < -0.3 is 10.6 Å². The molecule has 4 nitrogen and oxygen atoms in total. The van der Waals surface area contributed by atoms with Gasteiger partial charge in [0.1, 0.15) is 0 Å². The molecule has 0 spiro atoms. The van der Waals surface area contributed by atoms with Crippen LogP contribution >= 0.6 is 24.8 Å². The summed E-state index contributed by atoms with van der Waals surface area (Å²) in [5.41, 5.74) is 4.02. The number of pyridine rings is 1. The SMILES string of the molecule is CCCNCCNC(=O)c1c2c(nc3ccccc13)CCC2.Cl.Cl. The normalized spacial score (nSPS) is 12.2. The highest BCUT2D eigenvalue weighted by Gasteiger charge is 2.23. The number of nitrogens with zero attached hydrogens (tertiary/aromatic N) is 1. The van der Waals surface area contributed by atoms with Gasteiger partial charge >= 0.3 is 0 Å². The number of aryl methyl sites for hydroxylation is 1. The van der Waals surface area contributed by atoms with Gasteiger partial charge in [-0.2, -0.15) is 0 Å². The first-order chi connectivity index (χ1) is 10.8. The molecule has 0 unspecified atom stereocenters. The lowest BCUT2D eigenvalue weighted by Crippen LogP contribution is -2.32. The summed E-state index contributed by atoms with van der Waals surface area (Å²) < 4.78 is 0. The number of amides is 1. The summed E-state index contributed by atoms with van der Waals surface area (Å²) in [5.74, 6) is 0.0371. The van der Waals surface area contributed by atoms with Crippen LogP contribution in [0.4, 0.5) is 0 Å². The molecule has 2 N–H and O–H groups in total. The van der Waals surface area contributed by atoms with Crippen molar-refractivity contribution < 1.29 is 4.79 Å². The van der Waals surface area contributed by atoms with Gasteiger partial charge in [-0.15, -0.1) is 24.8 Å². The molecule has 0 fully saturated rings. The Morgan fingerprint density at radius 2 is 1.92 bits per heavy atom. The Bertz CT molecular complexity index is 691. The van der Waals surface area contributed by atoms with Crippen LogP contribution in [0.5, 0.6) is 0 Å². The standard InChI is InChI=1S/C18H23N3O.2ClH/c1-2-10-19-11-12-20-18(22)17-13-6-3-4-8-15(13)21-16-9-5-7-14(16)17;;/h3-4,6,8,19H,2,5,7,9-12H2,1H3,(H,20,22);2*1H. The lowest BCUT2D eigenvalue weighted by molar-refractivity contribution is 0.0954. The highest BCUT2D eigenvalue weighted by atomic mass is 35.5. The predicted octanol–water partition coefficient (Wildman–Crippen LogP) is 3.30. The first kappa shape index (κ1) is 20.7. The van der Waals surface area contributed by atoms with Crippen molar-refractivity contribution in [3.8, 4) is 0 Å². The number of hydrogen-bond donors (Lipinski definition) is 2. The van der Waals surface area contributed by atoms with E-state index in [0.29, 0.717) is 6.54 Å². The lowest BCUT2D eigenvalue weighted by atomic mass is 10.0. The minimum atomic E-state index is 0. The van der Waals surface area contributed by atoms with Gasteiger partial charge in [0.05, 0.1) is 11.1 Å². The Labute approximate surface area is 155 Å². The van der Waals surface area contributed by atoms with Crippen LogP contribution in [0.25, 0.3) is 10.9 Å². The number of fused-ring (bicyclic) bond motifs is 2. The Balaban J connectivity index is 0.00000144. The number of para-hydroxylation sites is 1. The van der Waals surface area contributed by atoms with Crippen molar-refractivity contribution in [3.05, 3.63) is 41.1 Å². The number of aromatic nitrogens is 1. The Morgan fingerprint density at radius 1 is 1.12 bits per heavy atom. The molecule has 0 saturated heterocycles. The monoisotopic (exact) mass is 369 g/mol. The van der Waals surface area contributed by atoms with Crippen LogP contribution in [0.2, 0.25) is 0 Å². The van der Waals surface area contributed by atoms with Crippen LogP contribution in [0, 0.1) is 0 Å². The van der Waals surface area contributed by atoms with Crippen molar-refractivity contribution >= 4 is 41.6 Å². The molecule has 0 atom stereocenters. The molecule has 3 rings (SSSR count). The summed E-state index contributed by atoms with van der Waals surface area (Å²) in [6, 6.07) is 7.96. The molecule has 1 aliphatic rings. The van der Waals surface area contributed by atoms with Crippen molar-refractivity contribution in [2.24, 2.45) is 0 Å². The summed E-state index contributed by atoms with van der Waals surface area (Å²) in [4.78, 5) is 17.4. The fraction of sp³-hybridized carbons (Fsp3) is 0.444. The molecular formula is C18H25Cl2N3O. The zero-order chi connectivity index (χ0) is 15.4. The molecule has 0 radical (unpaired) electrons. The molecule has 2 aromatic rings. The molecule has 1 amide bonds. The van der Waals surface area contributed by atoms with E-state index in [-0.39, 0.29) is 30.7 Å². The lowest BCUT2D eigenvalue weighted by Gasteiger charge is -2.13. The quantitative estimate of drug-likeness (QED) is 0.768. The van der Waals surface area contributed by atoms with E-state index in [4.69, 9.17) is 4.98 Å². The fourth-order valence-corrected chi connectivity index (χ4v) is 3.12. The molecule has 1 aromatic heterocycles. The van der Waals surface area contributed by atoms with Gasteiger partial charge in [0, 0.05) is 24.2 Å². The second-order valence-electron chi connectivity index (χ2n) is 5.79. The van der Waals surface area contributed by atoms with Gasteiger partial charge in [-0.1, -0.05) is 25.1 Å². The molecule has 6 heteroatoms. The summed E-state index contributed by atoms with van der Waals surface area (Å²) in [6.07, 6.45) is 4.15. The average Bonchev–Trinajstić information content (AvgIpc) is 2.99. The van der Waals surface area contributed by atoms with Gasteiger partial charge in [-0.05, 0) is 43.9 Å². The average molecular weight is 370 g/mol. The number of rotatable bonds is 6. The summed E-state index contributed by atoms with van der Waals surface area (Å²) in [6.45, 7) is 4.59. The van der Waals surface area contributed by atoms with Gasteiger partial charge in [0.2, 0.25) is 0 Å². The smallest absolute Gasteiger partial charge is 0.252 e. The fourth-order valence-electron chi connectivity index (χ4n) is 3.12. The van der Waals surface area contributed by atoms with Gasteiger partial charge in [-0.25, -0.2) is 0 Å². The maximum Gasteiger partial charge on any atom is 0.252 e. The maximum atomic E-state index is 12.7. The largest absolute Gasteiger partial charge is 0.351 e. The summed E-state index contributed by atoms with van der Waals surface area (Å²) in [7, 11) is 0. The summed E-state index contributed by atoms with van der Waals surface area (Å²) in [5, 5.41) is 7.33. The van der Waals surface area contributed by atoms with Crippen molar-refractivity contribution in [2.45, 2.75) is 32.6 Å². The van der Waals surface area contributed by atoms with Crippen molar-refractivity contribution in [1.82, 2.24) is 15.6 Å². The molecule has 24 heavy (non-hydrogen) atoms. The summed E-state index contributed by atoms with van der Waals surface area (Å²) >= 11 is 0. The van der Waals surface area contributed by atoms with Crippen LogP contribution in [0.15, 0.2) is 24.3 Å². The van der Waals surface area contributed by atoms with E-state index in [0.717, 1.165) is 66.5 Å². The zero-order valence-electron chi connectivity index (χ0n) is 13.9. The van der Waals surface area contributed by atoms with E-state index in [1.807, 2.05) is 24.3 Å². The number of halogens is 2. The number of carbonyl (C=O) groups is 1. The minimum absolute atomic E-state index is 0. The third kappa shape index (κ3) is 4.38. The van der Waals surface area contributed by atoms with E-state index in [1.54, 1.807) is 0 Å². The minimum Gasteiger partial charge on any atom is -0.351 e. The van der Waals surface area contributed by atoms with E-state index >= 15 is 0 Å². The first-order valence-electron chi connectivity index (χ1n) is 8.20. The topological polar surface area (TPSA) is 54.0 Å². The van der Waals surface area contributed by atoms with Crippen LogP contribution in [0.3, 0.4) is 0 Å². The molecular weight excluding hydrogens is 345 g/mol. The molecule has 132 valence electrons. The van der Waals surface area contributed by atoms with E-state index in [2.05, 4.69) is 17.6 Å². The number of nitrogens with one attached hydrogen (secondary N) is 2. The third-order valence-corrected chi connectivity index (χ3v) is 4.16. The van der Waals surface area contributed by atoms with E-state index < -0.39 is 0 Å². The van der Waals surface area contributed by atoms with Crippen LogP contribution in [-0.4, -0.2) is 30.5 Å². The molecule has 1 aliphatic carbocycles. The van der Waals surface area contributed by atoms with E-state index in [9.17, 15) is 4.79 Å². The molecule has 0 aliphatic heterocycles. The van der Waals surface area contributed by atoms with Crippen LogP contribution in [0.1, 0.15) is 41.4 Å². The van der Waals surface area contributed by atoms with Crippen molar-refractivity contribution in [1.29, 1.82) is 0 Å². The van der Waals surface area contributed by atoms with Gasteiger partial charge in [-0.3, -0.25) is 9.78 Å². The Hall–Kier alpha value is -1.36. The molecule has 0 saturated carbocycles. The Kier molecular flexibility index (Phi) is 8.46. The third-order valence-electron chi connectivity index (χ3n) is 4.16. The van der Waals surface area contributed by atoms with Gasteiger partial charge in [0.25, 0.3) is 5.91 Å². The predicted molar refractivity (Wildman–Crippen MR) is 104 cm³/mol. The molecule has 0 bridgehead atoms. The molecule has 1 heterocycles. The van der Waals surface area contributed by atoms with E-state index in [1.165, 1.54) is 0 Å². The van der Waals surface area contributed by atoms with Crippen LogP contribution < -0.4 is 10.6 Å².